The molecule has 7 rings (SSSR count). The average molecular weight is 681 g/mol. The number of rotatable bonds is 2. The van der Waals surface area contributed by atoms with Gasteiger partial charge in [-0.3, -0.25) is 0 Å². The van der Waals surface area contributed by atoms with Crippen molar-refractivity contribution in [2.45, 2.75) is 6.92 Å². The maximum atomic E-state index is 6.33. The van der Waals surface area contributed by atoms with Gasteiger partial charge < -0.3 is 14.7 Å². The van der Waals surface area contributed by atoms with Crippen LogP contribution in [0.1, 0.15) is 5.56 Å². The minimum absolute atomic E-state index is 0. The summed E-state index contributed by atoms with van der Waals surface area (Å²) in [6, 6.07) is 44.9. The Morgan fingerprint density at radius 3 is 2.03 bits per heavy atom. The first-order valence-corrected chi connectivity index (χ1v) is 12.5. The summed E-state index contributed by atoms with van der Waals surface area (Å²) in [6.45, 7) is 2.07. The quantitative estimate of drug-likeness (QED) is 0.171. The molecule has 0 atom stereocenters. The van der Waals surface area contributed by atoms with E-state index in [-0.39, 0.29) is 20.1 Å². The van der Waals surface area contributed by atoms with Gasteiger partial charge in [-0.1, -0.05) is 77.9 Å². The van der Waals surface area contributed by atoms with Crippen LogP contribution in [0.2, 0.25) is 0 Å². The Labute approximate surface area is 242 Å². The number of pyridine rings is 2. The van der Waals surface area contributed by atoms with Crippen LogP contribution in [-0.2, 0) is 20.1 Å². The van der Waals surface area contributed by atoms with E-state index >= 15 is 0 Å². The molecule has 0 unspecified atom stereocenters. The zero-order chi connectivity index (χ0) is 25.7. The third-order valence-electron chi connectivity index (χ3n) is 6.37. The number of ether oxygens (including phenoxy) is 1. The van der Waals surface area contributed by atoms with Crippen molar-refractivity contribution in [2.75, 3.05) is 0 Å². The van der Waals surface area contributed by atoms with E-state index in [1.165, 1.54) is 11.1 Å². The van der Waals surface area contributed by atoms with Gasteiger partial charge in [0.15, 0.2) is 0 Å². The zero-order valence-electron chi connectivity index (χ0n) is 21.3. The van der Waals surface area contributed by atoms with E-state index in [9.17, 15) is 0 Å². The largest absolute Gasteiger partial charge is 0.476 e. The molecular weight excluding hydrogens is 657 g/mol. The molecule has 1 aliphatic rings. The number of aryl methyl sites for hydroxylation is 1. The Morgan fingerprint density at radius 2 is 1.28 bits per heavy atom. The summed E-state index contributed by atoms with van der Waals surface area (Å²) in [4.78, 5) is 8.70. The van der Waals surface area contributed by atoms with Gasteiger partial charge in [0.05, 0.1) is 5.75 Å². The molecule has 4 heteroatoms. The van der Waals surface area contributed by atoms with Crippen molar-refractivity contribution in [1.29, 1.82) is 0 Å². The van der Waals surface area contributed by atoms with Crippen LogP contribution < -0.4 is 4.74 Å². The first kappa shape index (κ1) is 26.2. The summed E-state index contributed by atoms with van der Waals surface area (Å²) in [6.07, 6.45) is 3.62. The summed E-state index contributed by atoms with van der Waals surface area (Å²) in [5.41, 5.74) is 9.52. The topological polar surface area (TPSA) is 35.0 Å². The minimum Gasteiger partial charge on any atom is -0.476 e. The Balaban J connectivity index is 0.000000200. The van der Waals surface area contributed by atoms with Crippen molar-refractivity contribution in [2.24, 2.45) is 0 Å². The van der Waals surface area contributed by atoms with Crippen molar-refractivity contribution in [3.05, 3.63) is 145 Å². The number of benzene rings is 4. The summed E-state index contributed by atoms with van der Waals surface area (Å²) in [7, 11) is 0. The molecule has 39 heavy (non-hydrogen) atoms. The fourth-order valence-corrected chi connectivity index (χ4v) is 4.52. The number of para-hydroxylation sites is 1. The van der Waals surface area contributed by atoms with E-state index in [0.717, 1.165) is 50.7 Å². The second-order valence-corrected chi connectivity index (χ2v) is 8.98. The Kier molecular flexibility index (Phi) is 8.07. The van der Waals surface area contributed by atoms with Gasteiger partial charge in [0.25, 0.3) is 0 Å². The molecule has 2 aromatic heterocycles. The summed E-state index contributed by atoms with van der Waals surface area (Å²) in [5, 5.41) is 0. The first-order valence-electron chi connectivity index (χ1n) is 12.5. The van der Waals surface area contributed by atoms with Crippen molar-refractivity contribution in [1.82, 2.24) is 9.97 Å². The molecule has 0 saturated heterocycles. The van der Waals surface area contributed by atoms with Gasteiger partial charge in [0, 0.05) is 38.1 Å². The Morgan fingerprint density at radius 1 is 0.564 bits per heavy atom. The number of aromatic nitrogens is 2. The molecule has 191 valence electrons. The molecule has 3 nitrogen and oxygen atoms in total. The molecule has 1 aliphatic heterocycles. The summed E-state index contributed by atoms with van der Waals surface area (Å²) in [5.74, 6) is 1.70. The van der Waals surface area contributed by atoms with Crippen molar-refractivity contribution in [3.63, 3.8) is 0 Å². The van der Waals surface area contributed by atoms with E-state index in [0.29, 0.717) is 0 Å². The monoisotopic (exact) mass is 681 g/mol. The van der Waals surface area contributed by atoms with Crippen LogP contribution in [0.15, 0.2) is 128 Å². The summed E-state index contributed by atoms with van der Waals surface area (Å²) < 4.78 is 6.33. The Bertz CT molecular complexity index is 1660. The standard InChI is InChI=1S/C24H16NO.C11H8N.Ir/c1-16-12-13-25-22(14-16)17-10-11-21-19-7-3-2-6-18(19)20-8-4-5-9-23(20)26-24(21)15-17;1-2-6-10(7-3-1)11-8-4-5-9-12-11;/h2-9,11-15H,1H3;1-6,8-9H;/q2*-1;. The predicted octanol–water partition coefficient (Wildman–Crippen LogP) is 8.84. The van der Waals surface area contributed by atoms with Gasteiger partial charge in [-0.25, -0.2) is 0 Å². The van der Waals surface area contributed by atoms with E-state index in [2.05, 4.69) is 65.4 Å². The van der Waals surface area contributed by atoms with Crippen LogP contribution in [0.4, 0.5) is 0 Å². The van der Waals surface area contributed by atoms with E-state index in [1.54, 1.807) is 6.20 Å². The second kappa shape index (κ2) is 12.0. The van der Waals surface area contributed by atoms with E-state index in [1.807, 2.05) is 85.1 Å². The van der Waals surface area contributed by atoms with Crippen molar-refractivity contribution < 1.29 is 24.8 Å². The maximum Gasteiger partial charge on any atom is 0.132 e. The smallest absolute Gasteiger partial charge is 0.132 e. The third-order valence-corrected chi connectivity index (χ3v) is 6.37. The van der Waals surface area contributed by atoms with Gasteiger partial charge in [-0.2, -0.15) is 0 Å². The fraction of sp³-hybridized carbons (Fsp3) is 0.0286. The molecule has 4 aromatic carbocycles. The Hall–Kier alpha value is -4.37. The number of nitrogens with zero attached hydrogens (tertiary/aromatic N) is 2. The van der Waals surface area contributed by atoms with Crippen molar-refractivity contribution in [3.8, 4) is 56.3 Å². The number of fused-ring (bicyclic) bond motifs is 5. The van der Waals surface area contributed by atoms with Crippen LogP contribution in [0.3, 0.4) is 0 Å². The summed E-state index contributed by atoms with van der Waals surface area (Å²) >= 11 is 0. The molecule has 0 saturated carbocycles. The molecule has 0 spiro atoms. The van der Waals surface area contributed by atoms with Gasteiger partial charge in [0.2, 0.25) is 0 Å². The van der Waals surface area contributed by atoms with E-state index < -0.39 is 0 Å². The number of hydrogen-bond donors (Lipinski definition) is 0. The second-order valence-electron chi connectivity index (χ2n) is 8.98. The van der Waals surface area contributed by atoms with Crippen LogP contribution in [0.25, 0.3) is 44.8 Å². The normalized spacial score (nSPS) is 10.7. The van der Waals surface area contributed by atoms with Gasteiger partial charge in [-0.05, 0) is 47.6 Å². The first-order chi connectivity index (χ1) is 18.8. The SMILES string of the molecule is Cc1ccnc(-c2[c-]cc3c(c2)Oc2ccccc2-c2ccccc2-3)c1.[Ir].[c-]1ccccc1-c1ccccn1. The van der Waals surface area contributed by atoms with Crippen LogP contribution >= 0.6 is 0 Å². The van der Waals surface area contributed by atoms with Gasteiger partial charge in [0.1, 0.15) is 5.75 Å². The molecular formula is C35H24IrN2O-2. The van der Waals surface area contributed by atoms with Gasteiger partial charge >= 0.3 is 0 Å². The molecule has 0 bridgehead atoms. The van der Waals surface area contributed by atoms with Crippen LogP contribution in [-0.4, -0.2) is 9.97 Å². The molecule has 0 aliphatic carbocycles. The maximum absolute atomic E-state index is 6.33. The van der Waals surface area contributed by atoms with E-state index in [4.69, 9.17) is 4.74 Å². The zero-order valence-corrected chi connectivity index (χ0v) is 23.7. The van der Waals surface area contributed by atoms with Crippen molar-refractivity contribution >= 4 is 0 Å². The number of hydrogen-bond acceptors (Lipinski definition) is 3. The average Bonchev–Trinajstić information content (AvgIpc) is 3.13. The molecule has 0 N–H and O–H groups in total. The van der Waals surface area contributed by atoms with Crippen LogP contribution in [0, 0.1) is 19.1 Å². The predicted molar refractivity (Wildman–Crippen MR) is 153 cm³/mol. The minimum atomic E-state index is 0. The third kappa shape index (κ3) is 5.73. The molecule has 0 amide bonds. The van der Waals surface area contributed by atoms with Gasteiger partial charge in [-0.15, -0.1) is 53.6 Å². The molecule has 3 heterocycles. The molecule has 6 aromatic rings. The van der Waals surface area contributed by atoms with Crippen LogP contribution in [0.5, 0.6) is 11.5 Å². The molecule has 1 radical (unpaired) electrons. The molecule has 0 fully saturated rings. The fourth-order valence-electron chi connectivity index (χ4n) is 4.52.